The summed E-state index contributed by atoms with van der Waals surface area (Å²) < 4.78 is 0. The molecule has 0 saturated carbocycles. The molecule has 2 amide bonds. The highest BCUT2D eigenvalue weighted by atomic mass is 16.2. The Morgan fingerprint density at radius 2 is 2.11 bits per heavy atom. The summed E-state index contributed by atoms with van der Waals surface area (Å²) in [5.41, 5.74) is 1.19. The second-order valence-electron chi connectivity index (χ2n) is 5.53. The molecule has 0 bridgehead atoms. The maximum Gasteiger partial charge on any atom is 0.248 e. The summed E-state index contributed by atoms with van der Waals surface area (Å²) in [7, 11) is 0. The molecular formula is C14H19N3O2. The summed E-state index contributed by atoms with van der Waals surface area (Å²) in [5, 5.41) is 2.74. The van der Waals surface area contributed by atoms with Crippen molar-refractivity contribution in [3.8, 4) is 0 Å². The van der Waals surface area contributed by atoms with Crippen LogP contribution >= 0.6 is 0 Å². The van der Waals surface area contributed by atoms with Crippen LogP contribution in [0.1, 0.15) is 31.9 Å². The Labute approximate surface area is 113 Å². The van der Waals surface area contributed by atoms with Crippen molar-refractivity contribution >= 4 is 11.8 Å². The van der Waals surface area contributed by atoms with Crippen molar-refractivity contribution in [3.05, 3.63) is 29.6 Å². The molecule has 0 radical (unpaired) electrons. The van der Waals surface area contributed by atoms with Gasteiger partial charge in [0.05, 0.1) is 0 Å². The van der Waals surface area contributed by atoms with Crippen LogP contribution in [0.3, 0.4) is 0 Å². The Balaban J connectivity index is 2.29. The highest BCUT2D eigenvalue weighted by Gasteiger charge is 2.43. The average molecular weight is 261 g/mol. The largest absolute Gasteiger partial charge is 0.340 e. The second kappa shape index (κ2) is 4.64. The molecule has 102 valence electrons. The predicted molar refractivity (Wildman–Crippen MR) is 71.2 cm³/mol. The van der Waals surface area contributed by atoms with E-state index in [0.717, 1.165) is 11.1 Å². The van der Waals surface area contributed by atoms with Gasteiger partial charge < -0.3 is 10.2 Å². The molecule has 1 saturated heterocycles. The molecule has 2 heterocycles. The van der Waals surface area contributed by atoms with Crippen LogP contribution in [0.5, 0.6) is 0 Å². The van der Waals surface area contributed by atoms with Crippen molar-refractivity contribution in [2.75, 3.05) is 0 Å². The standard InChI is InChI=1S/C14H19N3O2/c1-9-5-6-15-7-11(9)8-17-10(2)12(18)16-14(3,4)13(17)19/h5-7,10H,8H2,1-4H3,(H,16,18). The van der Waals surface area contributed by atoms with E-state index < -0.39 is 11.6 Å². The first-order valence-corrected chi connectivity index (χ1v) is 6.35. The average Bonchev–Trinajstić information content (AvgIpc) is 2.34. The number of pyridine rings is 1. The Bertz CT molecular complexity index is 525. The number of nitrogens with one attached hydrogen (secondary N) is 1. The number of nitrogens with zero attached hydrogens (tertiary/aromatic N) is 2. The molecule has 0 spiro atoms. The number of hydrogen-bond acceptors (Lipinski definition) is 3. The van der Waals surface area contributed by atoms with E-state index in [9.17, 15) is 9.59 Å². The van der Waals surface area contributed by atoms with Crippen LogP contribution in [-0.2, 0) is 16.1 Å². The van der Waals surface area contributed by atoms with Crippen LogP contribution in [0, 0.1) is 6.92 Å². The first kappa shape index (κ1) is 13.5. The van der Waals surface area contributed by atoms with Gasteiger partial charge in [-0.25, -0.2) is 0 Å². The second-order valence-corrected chi connectivity index (χ2v) is 5.53. The van der Waals surface area contributed by atoms with E-state index in [1.54, 1.807) is 38.1 Å². The van der Waals surface area contributed by atoms with Crippen LogP contribution in [0.25, 0.3) is 0 Å². The summed E-state index contributed by atoms with van der Waals surface area (Å²) in [6.45, 7) is 7.58. The first-order valence-electron chi connectivity index (χ1n) is 6.35. The minimum absolute atomic E-state index is 0.0668. The summed E-state index contributed by atoms with van der Waals surface area (Å²) in [4.78, 5) is 30.0. The molecule has 1 N–H and O–H groups in total. The molecule has 1 aromatic heterocycles. The SMILES string of the molecule is Cc1ccncc1CN1C(=O)C(C)(C)NC(=O)C1C. The number of hydrogen-bond donors (Lipinski definition) is 1. The number of aryl methyl sites for hydroxylation is 1. The zero-order chi connectivity index (χ0) is 14.2. The molecule has 19 heavy (non-hydrogen) atoms. The van der Waals surface area contributed by atoms with E-state index >= 15 is 0 Å². The van der Waals surface area contributed by atoms with Gasteiger partial charge in [-0.2, -0.15) is 0 Å². The molecule has 1 fully saturated rings. The fraction of sp³-hybridized carbons (Fsp3) is 0.500. The van der Waals surface area contributed by atoms with Crippen LogP contribution in [0.4, 0.5) is 0 Å². The number of amides is 2. The number of carbonyl (C=O) groups excluding carboxylic acids is 2. The molecule has 5 heteroatoms. The number of carbonyl (C=O) groups is 2. The lowest BCUT2D eigenvalue weighted by Gasteiger charge is -2.41. The van der Waals surface area contributed by atoms with E-state index in [2.05, 4.69) is 10.3 Å². The lowest BCUT2D eigenvalue weighted by molar-refractivity contribution is -0.153. The minimum Gasteiger partial charge on any atom is -0.340 e. The molecule has 1 unspecified atom stereocenters. The maximum absolute atomic E-state index is 12.4. The number of piperazine rings is 1. The fourth-order valence-electron chi connectivity index (χ4n) is 2.20. The molecule has 1 aliphatic rings. The number of aromatic nitrogens is 1. The van der Waals surface area contributed by atoms with Crippen molar-refractivity contribution in [2.24, 2.45) is 0 Å². The lowest BCUT2D eigenvalue weighted by Crippen LogP contribution is -2.67. The van der Waals surface area contributed by atoms with Gasteiger partial charge in [0.1, 0.15) is 11.6 Å². The molecule has 1 aliphatic heterocycles. The zero-order valence-electron chi connectivity index (χ0n) is 11.7. The Kier molecular flexibility index (Phi) is 3.30. The third-order valence-electron chi connectivity index (χ3n) is 3.57. The van der Waals surface area contributed by atoms with Crippen LogP contribution in [-0.4, -0.2) is 33.3 Å². The van der Waals surface area contributed by atoms with Crippen molar-refractivity contribution in [1.29, 1.82) is 0 Å². The first-order chi connectivity index (χ1) is 8.83. The Morgan fingerprint density at radius 1 is 1.42 bits per heavy atom. The van der Waals surface area contributed by atoms with Gasteiger partial charge in [-0.1, -0.05) is 0 Å². The smallest absolute Gasteiger partial charge is 0.248 e. The molecular weight excluding hydrogens is 242 g/mol. The molecule has 5 nitrogen and oxygen atoms in total. The zero-order valence-corrected chi connectivity index (χ0v) is 11.7. The number of rotatable bonds is 2. The van der Waals surface area contributed by atoms with E-state index in [-0.39, 0.29) is 11.8 Å². The van der Waals surface area contributed by atoms with E-state index in [0.29, 0.717) is 6.54 Å². The quantitative estimate of drug-likeness (QED) is 0.864. The van der Waals surface area contributed by atoms with E-state index in [4.69, 9.17) is 0 Å². The maximum atomic E-state index is 12.4. The van der Waals surface area contributed by atoms with Gasteiger partial charge >= 0.3 is 0 Å². The van der Waals surface area contributed by atoms with E-state index in [1.165, 1.54) is 0 Å². The Hall–Kier alpha value is -1.91. The van der Waals surface area contributed by atoms with Crippen LogP contribution in [0.15, 0.2) is 18.5 Å². The third-order valence-corrected chi connectivity index (χ3v) is 3.57. The van der Waals surface area contributed by atoms with Crippen LogP contribution < -0.4 is 5.32 Å². The summed E-state index contributed by atoms with van der Waals surface area (Å²) in [5.74, 6) is -0.186. The topological polar surface area (TPSA) is 62.3 Å². The highest BCUT2D eigenvalue weighted by Crippen LogP contribution is 2.21. The molecule has 0 aliphatic carbocycles. The monoisotopic (exact) mass is 261 g/mol. The molecule has 2 rings (SSSR count). The van der Waals surface area contributed by atoms with Gasteiger partial charge in [0.2, 0.25) is 11.8 Å². The van der Waals surface area contributed by atoms with Crippen LogP contribution in [0.2, 0.25) is 0 Å². The van der Waals surface area contributed by atoms with E-state index in [1.807, 2.05) is 13.0 Å². The fourth-order valence-corrected chi connectivity index (χ4v) is 2.20. The summed E-state index contributed by atoms with van der Waals surface area (Å²) in [6.07, 6.45) is 3.46. The molecule has 0 aromatic carbocycles. The Morgan fingerprint density at radius 3 is 2.74 bits per heavy atom. The lowest BCUT2D eigenvalue weighted by atomic mass is 9.96. The highest BCUT2D eigenvalue weighted by molar-refractivity contribution is 5.99. The van der Waals surface area contributed by atoms with Gasteiger partial charge in [-0.05, 0) is 44.9 Å². The molecule has 1 aromatic rings. The van der Waals surface area contributed by atoms with Gasteiger partial charge in [-0.15, -0.1) is 0 Å². The molecule has 1 atom stereocenters. The van der Waals surface area contributed by atoms with Crippen molar-refractivity contribution in [1.82, 2.24) is 15.2 Å². The minimum atomic E-state index is -0.848. The van der Waals surface area contributed by atoms with Crippen molar-refractivity contribution in [3.63, 3.8) is 0 Å². The van der Waals surface area contributed by atoms with Gasteiger partial charge in [-0.3, -0.25) is 14.6 Å². The third kappa shape index (κ3) is 2.45. The normalized spacial score (nSPS) is 22.3. The van der Waals surface area contributed by atoms with Gasteiger partial charge in [0.15, 0.2) is 0 Å². The van der Waals surface area contributed by atoms with Crippen molar-refractivity contribution in [2.45, 2.75) is 45.8 Å². The predicted octanol–water partition coefficient (Wildman–Crippen LogP) is 1.02. The summed E-state index contributed by atoms with van der Waals surface area (Å²) in [6, 6.07) is 1.44. The summed E-state index contributed by atoms with van der Waals surface area (Å²) >= 11 is 0. The van der Waals surface area contributed by atoms with Gasteiger partial charge in [0.25, 0.3) is 0 Å². The van der Waals surface area contributed by atoms with Gasteiger partial charge in [0, 0.05) is 18.9 Å². The van der Waals surface area contributed by atoms with Crippen molar-refractivity contribution < 1.29 is 9.59 Å².